The molecule has 2 N–H and O–H groups in total. The molecule has 29 heavy (non-hydrogen) atoms. The van der Waals surface area contributed by atoms with Crippen molar-refractivity contribution >= 4 is 23.4 Å². The number of benzene rings is 1. The van der Waals surface area contributed by atoms with Gasteiger partial charge in [0.15, 0.2) is 12.4 Å². The Bertz CT molecular complexity index is 986. The number of carbonyl (C=O) groups excluding carboxylic acids is 2. The van der Waals surface area contributed by atoms with Crippen LogP contribution in [-0.4, -0.2) is 51.4 Å². The lowest BCUT2D eigenvalue weighted by Gasteiger charge is -2.09. The Morgan fingerprint density at radius 1 is 1.24 bits per heavy atom. The van der Waals surface area contributed by atoms with Crippen LogP contribution in [0.1, 0.15) is 22.1 Å². The lowest BCUT2D eigenvalue weighted by molar-refractivity contribution is -0.123. The molecule has 0 fully saturated rings. The van der Waals surface area contributed by atoms with Gasteiger partial charge in [-0.25, -0.2) is 0 Å². The molecule has 0 spiro atoms. The largest absolute Gasteiger partial charge is 0.484 e. The van der Waals surface area contributed by atoms with Crippen LogP contribution in [0.25, 0.3) is 0 Å². The van der Waals surface area contributed by atoms with Crippen molar-refractivity contribution in [3.05, 3.63) is 59.0 Å². The second kappa shape index (κ2) is 9.69. The van der Waals surface area contributed by atoms with Crippen LogP contribution in [0.3, 0.4) is 0 Å². The highest BCUT2D eigenvalue weighted by Gasteiger charge is 2.15. The molecule has 3 rings (SSSR count). The Balaban J connectivity index is 1.35. The van der Waals surface area contributed by atoms with Crippen LogP contribution in [0.4, 0.5) is 0 Å². The Morgan fingerprint density at radius 3 is 2.79 bits per heavy atom. The smallest absolute Gasteiger partial charge is 0.316 e. The number of rotatable bonds is 9. The molecule has 0 aliphatic carbocycles. The highest BCUT2D eigenvalue weighted by molar-refractivity contribution is 6.30. The van der Waals surface area contributed by atoms with Gasteiger partial charge in [0.2, 0.25) is 0 Å². The van der Waals surface area contributed by atoms with E-state index in [0.29, 0.717) is 10.8 Å². The molecule has 11 heteroatoms. The van der Waals surface area contributed by atoms with Crippen LogP contribution >= 0.6 is 11.6 Å². The first-order chi connectivity index (χ1) is 14.0. The van der Waals surface area contributed by atoms with Crippen LogP contribution in [-0.2, 0) is 11.3 Å². The van der Waals surface area contributed by atoms with E-state index in [9.17, 15) is 9.59 Å². The average molecular weight is 419 g/mol. The van der Waals surface area contributed by atoms with E-state index in [2.05, 4.69) is 25.9 Å². The SMILES string of the molecule is Cc1ccccc1OCC(=O)NCCNC(=O)c1nc(Cn2cc(Cl)cn2)no1. The third-order valence-electron chi connectivity index (χ3n) is 3.75. The Morgan fingerprint density at radius 2 is 2.03 bits per heavy atom. The van der Waals surface area contributed by atoms with Gasteiger partial charge < -0.3 is 19.9 Å². The fourth-order valence-electron chi connectivity index (χ4n) is 2.35. The number of nitrogens with one attached hydrogen (secondary N) is 2. The van der Waals surface area contributed by atoms with E-state index in [1.807, 2.05) is 25.1 Å². The summed E-state index contributed by atoms with van der Waals surface area (Å²) in [6, 6.07) is 7.42. The van der Waals surface area contributed by atoms with Gasteiger partial charge in [-0.1, -0.05) is 35.0 Å². The third-order valence-corrected chi connectivity index (χ3v) is 3.95. The number of ether oxygens (including phenoxy) is 1. The molecule has 2 heterocycles. The minimum absolute atomic E-state index is 0.108. The minimum Gasteiger partial charge on any atom is -0.484 e. The highest BCUT2D eigenvalue weighted by Crippen LogP contribution is 2.15. The van der Waals surface area contributed by atoms with Gasteiger partial charge in [-0.05, 0) is 18.6 Å². The van der Waals surface area contributed by atoms with Crippen LogP contribution in [0.2, 0.25) is 5.02 Å². The highest BCUT2D eigenvalue weighted by atomic mass is 35.5. The zero-order valence-corrected chi connectivity index (χ0v) is 16.3. The molecule has 2 amide bonds. The molecule has 0 aliphatic rings. The number of aryl methyl sites for hydroxylation is 1. The van der Waals surface area contributed by atoms with Crippen LogP contribution in [0, 0.1) is 6.92 Å². The van der Waals surface area contributed by atoms with Crippen molar-refractivity contribution in [2.75, 3.05) is 19.7 Å². The molecule has 0 saturated carbocycles. The zero-order chi connectivity index (χ0) is 20.6. The number of carbonyl (C=O) groups is 2. The van der Waals surface area contributed by atoms with Gasteiger partial charge in [0, 0.05) is 19.3 Å². The monoisotopic (exact) mass is 418 g/mol. The van der Waals surface area contributed by atoms with E-state index in [-0.39, 0.29) is 43.9 Å². The fourth-order valence-corrected chi connectivity index (χ4v) is 2.50. The average Bonchev–Trinajstić information content (AvgIpc) is 3.33. The first kappa shape index (κ1) is 20.3. The zero-order valence-electron chi connectivity index (χ0n) is 15.6. The quantitative estimate of drug-likeness (QED) is 0.500. The number of hydrogen-bond donors (Lipinski definition) is 2. The summed E-state index contributed by atoms with van der Waals surface area (Å²) in [7, 11) is 0. The van der Waals surface area contributed by atoms with Gasteiger partial charge in [-0.2, -0.15) is 10.1 Å². The van der Waals surface area contributed by atoms with Crippen LogP contribution in [0.5, 0.6) is 5.75 Å². The number of amides is 2. The summed E-state index contributed by atoms with van der Waals surface area (Å²) in [5.41, 5.74) is 0.946. The molecule has 152 valence electrons. The summed E-state index contributed by atoms with van der Waals surface area (Å²) in [5.74, 6) is -0.0577. The molecule has 0 saturated heterocycles. The molecule has 0 aliphatic heterocycles. The maximum atomic E-state index is 12.0. The Kier molecular flexibility index (Phi) is 6.80. The number of para-hydroxylation sites is 1. The Hall–Kier alpha value is -3.40. The van der Waals surface area contributed by atoms with Gasteiger partial charge >= 0.3 is 11.8 Å². The van der Waals surface area contributed by atoms with E-state index in [1.165, 1.54) is 10.9 Å². The van der Waals surface area contributed by atoms with E-state index >= 15 is 0 Å². The molecule has 0 unspecified atom stereocenters. The molecular weight excluding hydrogens is 400 g/mol. The second-order valence-corrected chi connectivity index (χ2v) is 6.47. The van der Waals surface area contributed by atoms with Crippen molar-refractivity contribution in [2.24, 2.45) is 0 Å². The van der Waals surface area contributed by atoms with Crippen LogP contribution in [0.15, 0.2) is 41.2 Å². The number of aromatic nitrogens is 4. The lowest BCUT2D eigenvalue weighted by Crippen LogP contribution is -2.36. The summed E-state index contributed by atoms with van der Waals surface area (Å²) in [6.45, 7) is 2.44. The summed E-state index contributed by atoms with van der Waals surface area (Å²) in [5, 5.41) is 13.4. The van der Waals surface area contributed by atoms with Gasteiger partial charge in [0.1, 0.15) is 12.3 Å². The summed E-state index contributed by atoms with van der Waals surface area (Å²) < 4.78 is 11.9. The second-order valence-electron chi connectivity index (χ2n) is 6.03. The Labute approximate surface area is 171 Å². The predicted octanol–water partition coefficient (Wildman–Crippen LogP) is 1.20. The third kappa shape index (κ3) is 6.04. The molecule has 0 atom stereocenters. The first-order valence-corrected chi connectivity index (χ1v) is 9.13. The molecule has 1 aromatic carbocycles. The van der Waals surface area contributed by atoms with E-state index in [4.69, 9.17) is 20.9 Å². The van der Waals surface area contributed by atoms with Crippen molar-refractivity contribution in [2.45, 2.75) is 13.5 Å². The summed E-state index contributed by atoms with van der Waals surface area (Å²) in [6.07, 6.45) is 3.08. The molecule has 2 aromatic heterocycles. The fraction of sp³-hybridized carbons (Fsp3) is 0.278. The molecule has 3 aromatic rings. The van der Waals surface area contributed by atoms with Gasteiger partial charge in [-0.3, -0.25) is 14.3 Å². The number of nitrogens with zero attached hydrogens (tertiary/aromatic N) is 4. The summed E-state index contributed by atoms with van der Waals surface area (Å²) >= 11 is 5.78. The normalized spacial score (nSPS) is 10.6. The van der Waals surface area contributed by atoms with E-state index < -0.39 is 5.91 Å². The topological polar surface area (TPSA) is 124 Å². The first-order valence-electron chi connectivity index (χ1n) is 8.75. The predicted molar refractivity (Wildman–Crippen MR) is 103 cm³/mol. The van der Waals surface area contributed by atoms with Gasteiger partial charge in [0.05, 0.1) is 11.2 Å². The molecular formula is C18H19ClN6O4. The van der Waals surface area contributed by atoms with Crippen molar-refractivity contribution in [3.63, 3.8) is 0 Å². The van der Waals surface area contributed by atoms with E-state index in [0.717, 1.165) is 5.56 Å². The number of halogens is 1. The van der Waals surface area contributed by atoms with Crippen molar-refractivity contribution in [3.8, 4) is 5.75 Å². The number of hydrogen-bond acceptors (Lipinski definition) is 7. The maximum Gasteiger partial charge on any atom is 0.316 e. The van der Waals surface area contributed by atoms with Gasteiger partial charge in [0.25, 0.3) is 5.91 Å². The molecule has 10 nitrogen and oxygen atoms in total. The molecule has 0 bridgehead atoms. The van der Waals surface area contributed by atoms with Crippen molar-refractivity contribution < 1.29 is 18.8 Å². The van der Waals surface area contributed by atoms with E-state index in [1.54, 1.807) is 12.3 Å². The van der Waals surface area contributed by atoms with Crippen molar-refractivity contribution in [1.29, 1.82) is 0 Å². The van der Waals surface area contributed by atoms with Gasteiger partial charge in [-0.15, -0.1) is 0 Å². The standard InChI is InChI=1S/C18H19ClN6O4/c1-12-4-2-3-5-14(12)28-11-16(26)20-6-7-21-17(27)18-23-15(24-29-18)10-25-9-13(19)8-22-25/h2-5,8-9H,6-7,10-11H2,1H3,(H,20,26)(H,21,27). The van der Waals surface area contributed by atoms with Crippen LogP contribution < -0.4 is 15.4 Å². The lowest BCUT2D eigenvalue weighted by atomic mass is 10.2. The summed E-state index contributed by atoms with van der Waals surface area (Å²) in [4.78, 5) is 27.8. The van der Waals surface area contributed by atoms with Crippen molar-refractivity contribution in [1.82, 2.24) is 30.6 Å². The maximum absolute atomic E-state index is 12.0. The minimum atomic E-state index is -0.535. The molecule has 0 radical (unpaired) electrons.